The van der Waals surface area contributed by atoms with Crippen LogP contribution in [0.3, 0.4) is 0 Å². The van der Waals surface area contributed by atoms with E-state index < -0.39 is 0 Å². The Morgan fingerprint density at radius 2 is 1.78 bits per heavy atom. The lowest BCUT2D eigenvalue weighted by molar-refractivity contribution is 0.355. The Hall–Kier alpha value is -2.21. The van der Waals surface area contributed by atoms with E-state index in [1.165, 1.54) is 17.5 Å². The zero-order valence-electron chi connectivity index (χ0n) is 16.6. The number of aryl methyl sites for hydroxylation is 2. The molecule has 1 saturated heterocycles. The van der Waals surface area contributed by atoms with Crippen molar-refractivity contribution in [3.05, 3.63) is 47.2 Å². The number of anilines is 2. The number of hydrogen-bond donors (Lipinski definition) is 2. The van der Waals surface area contributed by atoms with Crippen LogP contribution in [0.5, 0.6) is 0 Å². The number of benzene rings is 1. The Balaban J connectivity index is 1.63. The summed E-state index contributed by atoms with van der Waals surface area (Å²) in [6.07, 6.45) is 1.28. The van der Waals surface area contributed by atoms with Gasteiger partial charge in [0.25, 0.3) is 0 Å². The van der Waals surface area contributed by atoms with Crippen LogP contribution in [0.4, 0.5) is 11.8 Å². The zero-order chi connectivity index (χ0) is 19.4. The van der Waals surface area contributed by atoms with Crippen molar-refractivity contribution in [1.29, 1.82) is 0 Å². The molecule has 1 aliphatic heterocycles. The van der Waals surface area contributed by atoms with E-state index in [1.54, 1.807) is 0 Å². The van der Waals surface area contributed by atoms with Crippen molar-refractivity contribution in [2.45, 2.75) is 40.7 Å². The van der Waals surface area contributed by atoms with Crippen molar-refractivity contribution in [3.63, 3.8) is 0 Å². The third-order valence-corrected chi connectivity index (χ3v) is 5.08. The molecule has 0 unspecified atom stereocenters. The first-order valence-corrected chi connectivity index (χ1v) is 10.0. The summed E-state index contributed by atoms with van der Waals surface area (Å²) in [4.78, 5) is 11.6. The van der Waals surface area contributed by atoms with Gasteiger partial charge in [-0.1, -0.05) is 43.7 Å². The molecule has 0 spiro atoms. The number of hydrogen-bond acceptors (Lipinski definition) is 4. The van der Waals surface area contributed by atoms with Gasteiger partial charge < -0.3 is 15.5 Å². The molecule has 5 nitrogen and oxygen atoms in total. The molecule has 1 fully saturated rings. The Morgan fingerprint density at radius 3 is 2.44 bits per heavy atom. The van der Waals surface area contributed by atoms with Crippen LogP contribution in [0.15, 0.2) is 30.3 Å². The molecule has 1 aliphatic rings. The number of piperidine rings is 1. The molecule has 0 radical (unpaired) electrons. The van der Waals surface area contributed by atoms with Gasteiger partial charge in [-0.15, -0.1) is 0 Å². The average molecular weight is 384 g/mol. The second-order valence-electron chi connectivity index (χ2n) is 7.84. The lowest BCUT2D eigenvalue weighted by atomic mass is 9.92. The summed E-state index contributed by atoms with van der Waals surface area (Å²) in [6.45, 7) is 11.4. The van der Waals surface area contributed by atoms with Crippen molar-refractivity contribution < 1.29 is 0 Å². The number of aromatic nitrogens is 2. The van der Waals surface area contributed by atoms with Crippen LogP contribution in [0.1, 0.15) is 37.1 Å². The van der Waals surface area contributed by atoms with Crippen molar-refractivity contribution in [2.24, 2.45) is 11.8 Å². The quantitative estimate of drug-likeness (QED) is 0.777. The highest BCUT2D eigenvalue weighted by atomic mass is 32.1. The van der Waals surface area contributed by atoms with E-state index in [9.17, 15) is 0 Å². The van der Waals surface area contributed by atoms with Gasteiger partial charge in [0, 0.05) is 31.4 Å². The molecule has 6 heteroatoms. The van der Waals surface area contributed by atoms with E-state index in [0.29, 0.717) is 29.4 Å². The maximum absolute atomic E-state index is 5.43. The molecule has 0 aliphatic carbocycles. The predicted octanol–water partition coefficient (Wildman–Crippen LogP) is 4.06. The highest BCUT2D eigenvalue weighted by Crippen LogP contribution is 2.25. The van der Waals surface area contributed by atoms with E-state index in [0.717, 1.165) is 24.6 Å². The fraction of sp³-hybridized carbons (Fsp3) is 0.476. The van der Waals surface area contributed by atoms with Crippen LogP contribution in [0, 0.1) is 25.7 Å². The summed E-state index contributed by atoms with van der Waals surface area (Å²) in [5, 5.41) is 6.90. The van der Waals surface area contributed by atoms with E-state index in [1.807, 2.05) is 6.92 Å². The molecule has 0 saturated carbocycles. The summed E-state index contributed by atoms with van der Waals surface area (Å²) in [5.74, 6) is 2.89. The SMILES string of the molecule is Cc1ccc(CNC(=S)Nc2nc(C)cc(N3C[C@H](C)C[C@@H](C)C3)n2)cc1. The third-order valence-electron chi connectivity index (χ3n) is 4.83. The first kappa shape index (κ1) is 19.5. The molecule has 0 amide bonds. The standard InChI is InChI=1S/C21H29N5S/c1-14-5-7-18(8-6-14)11-22-21(27)25-20-23-17(4)10-19(24-20)26-12-15(2)9-16(3)13-26/h5-8,10,15-16H,9,11-13H2,1-4H3,(H2,22,23,24,25,27)/t15-,16-/m1/s1. The van der Waals surface area contributed by atoms with Gasteiger partial charge in [0.1, 0.15) is 5.82 Å². The minimum Gasteiger partial charge on any atom is -0.358 e. The fourth-order valence-electron chi connectivity index (χ4n) is 3.65. The smallest absolute Gasteiger partial charge is 0.231 e. The highest BCUT2D eigenvalue weighted by Gasteiger charge is 2.23. The summed E-state index contributed by atoms with van der Waals surface area (Å²) in [7, 11) is 0. The Labute approximate surface area is 167 Å². The van der Waals surface area contributed by atoms with Gasteiger partial charge in [-0.2, -0.15) is 4.98 Å². The second-order valence-corrected chi connectivity index (χ2v) is 8.24. The second kappa shape index (κ2) is 8.65. The summed E-state index contributed by atoms with van der Waals surface area (Å²) < 4.78 is 0. The highest BCUT2D eigenvalue weighted by molar-refractivity contribution is 7.80. The van der Waals surface area contributed by atoms with Gasteiger partial charge in [-0.05, 0) is 49.9 Å². The Kier molecular flexibility index (Phi) is 6.26. The third kappa shape index (κ3) is 5.63. The topological polar surface area (TPSA) is 53.1 Å². The number of nitrogens with one attached hydrogen (secondary N) is 2. The summed E-state index contributed by atoms with van der Waals surface area (Å²) in [6, 6.07) is 10.5. The molecule has 2 aromatic rings. The molecule has 1 aromatic heterocycles. The maximum atomic E-state index is 5.43. The molecule has 0 bridgehead atoms. The Bertz CT molecular complexity index is 780. The fourth-order valence-corrected chi connectivity index (χ4v) is 3.82. The number of nitrogens with zero attached hydrogens (tertiary/aromatic N) is 3. The molecular weight excluding hydrogens is 354 g/mol. The van der Waals surface area contributed by atoms with Crippen molar-refractivity contribution in [1.82, 2.24) is 15.3 Å². The Morgan fingerprint density at radius 1 is 1.11 bits per heavy atom. The molecular formula is C21H29N5S. The van der Waals surface area contributed by atoms with E-state index in [-0.39, 0.29) is 0 Å². The van der Waals surface area contributed by atoms with Crippen LogP contribution in [0.25, 0.3) is 0 Å². The van der Waals surface area contributed by atoms with Gasteiger partial charge >= 0.3 is 0 Å². The summed E-state index contributed by atoms with van der Waals surface area (Å²) >= 11 is 5.43. The van der Waals surface area contributed by atoms with Crippen LogP contribution >= 0.6 is 12.2 Å². The number of rotatable bonds is 4. The first-order valence-electron chi connectivity index (χ1n) is 9.60. The predicted molar refractivity (Wildman–Crippen MR) is 116 cm³/mol. The lowest BCUT2D eigenvalue weighted by Gasteiger charge is -2.36. The maximum Gasteiger partial charge on any atom is 0.231 e. The van der Waals surface area contributed by atoms with Gasteiger partial charge in [0.2, 0.25) is 5.95 Å². The zero-order valence-corrected chi connectivity index (χ0v) is 17.4. The van der Waals surface area contributed by atoms with E-state index in [4.69, 9.17) is 17.2 Å². The molecule has 27 heavy (non-hydrogen) atoms. The molecule has 2 heterocycles. The molecule has 2 N–H and O–H groups in total. The average Bonchev–Trinajstić information content (AvgIpc) is 2.60. The van der Waals surface area contributed by atoms with E-state index in [2.05, 4.69) is 71.6 Å². The molecule has 1 aromatic carbocycles. The van der Waals surface area contributed by atoms with Gasteiger partial charge in [-0.25, -0.2) is 4.98 Å². The molecule has 144 valence electrons. The first-order chi connectivity index (χ1) is 12.9. The van der Waals surface area contributed by atoms with Crippen LogP contribution in [0.2, 0.25) is 0 Å². The van der Waals surface area contributed by atoms with Crippen molar-refractivity contribution in [3.8, 4) is 0 Å². The minimum atomic E-state index is 0.535. The van der Waals surface area contributed by atoms with Crippen LogP contribution in [-0.2, 0) is 6.54 Å². The largest absolute Gasteiger partial charge is 0.358 e. The summed E-state index contributed by atoms with van der Waals surface area (Å²) in [5.41, 5.74) is 3.38. The lowest BCUT2D eigenvalue weighted by Crippen LogP contribution is -2.39. The number of thiocarbonyl (C=S) groups is 1. The van der Waals surface area contributed by atoms with Gasteiger partial charge in [-0.3, -0.25) is 0 Å². The molecule has 3 rings (SSSR count). The van der Waals surface area contributed by atoms with Gasteiger partial charge in [0.15, 0.2) is 5.11 Å². The normalized spacial score (nSPS) is 19.6. The van der Waals surface area contributed by atoms with Crippen molar-refractivity contribution in [2.75, 3.05) is 23.3 Å². The van der Waals surface area contributed by atoms with Crippen LogP contribution < -0.4 is 15.5 Å². The minimum absolute atomic E-state index is 0.535. The molecule has 2 atom stereocenters. The van der Waals surface area contributed by atoms with Crippen molar-refractivity contribution >= 4 is 29.1 Å². The van der Waals surface area contributed by atoms with E-state index >= 15 is 0 Å². The monoisotopic (exact) mass is 383 g/mol. The van der Waals surface area contributed by atoms with Crippen LogP contribution in [-0.4, -0.2) is 28.2 Å². The van der Waals surface area contributed by atoms with Gasteiger partial charge in [0.05, 0.1) is 0 Å².